The van der Waals surface area contributed by atoms with Gasteiger partial charge in [0.05, 0.1) is 5.75 Å². The molecule has 158 valence electrons. The lowest BCUT2D eigenvalue weighted by Gasteiger charge is -2.29. The van der Waals surface area contributed by atoms with Crippen LogP contribution in [0.4, 0.5) is 0 Å². The predicted molar refractivity (Wildman–Crippen MR) is 115 cm³/mol. The highest BCUT2D eigenvalue weighted by molar-refractivity contribution is 7.99. The fourth-order valence-corrected chi connectivity index (χ4v) is 4.20. The third-order valence-corrected chi connectivity index (χ3v) is 6.38. The average molecular weight is 418 g/mol. The van der Waals surface area contributed by atoms with E-state index in [-0.39, 0.29) is 24.3 Å². The van der Waals surface area contributed by atoms with Gasteiger partial charge in [-0.15, -0.1) is 10.2 Å². The molecule has 1 aromatic heterocycles. The van der Waals surface area contributed by atoms with E-state index in [4.69, 9.17) is 10.6 Å². The van der Waals surface area contributed by atoms with Crippen molar-refractivity contribution in [2.45, 2.75) is 70.2 Å². The van der Waals surface area contributed by atoms with Crippen LogP contribution in [-0.4, -0.2) is 32.6 Å². The monoisotopic (exact) mass is 417 g/mol. The van der Waals surface area contributed by atoms with E-state index in [9.17, 15) is 4.79 Å². The summed E-state index contributed by atoms with van der Waals surface area (Å²) in [7, 11) is 0. The van der Waals surface area contributed by atoms with Gasteiger partial charge in [-0.1, -0.05) is 57.5 Å². The molecule has 0 aliphatic heterocycles. The molecule has 8 heteroatoms. The molecule has 0 saturated heterocycles. The number of amides is 1. The standard InChI is InChI=1S/C21H31N5O2S/c1-14(2)16-8-10-17(11-9-16)28-12-19-24-25-21(26(19)22)29-13-20(27)23-18-7-5-4-6-15(18)3/h8-11,14-15,18H,4-7,12-13,22H2,1-3H3,(H,23,27)/t15-,18+/m0/s1. The molecule has 1 amide bonds. The van der Waals surface area contributed by atoms with Crippen molar-refractivity contribution in [2.24, 2.45) is 5.92 Å². The fraction of sp³-hybridized carbons (Fsp3) is 0.571. The number of hydrogen-bond donors (Lipinski definition) is 2. The minimum absolute atomic E-state index is 0.0137. The van der Waals surface area contributed by atoms with E-state index >= 15 is 0 Å². The number of hydrogen-bond acceptors (Lipinski definition) is 6. The molecule has 1 heterocycles. The number of aromatic nitrogens is 3. The van der Waals surface area contributed by atoms with Crippen molar-refractivity contribution >= 4 is 17.7 Å². The molecular weight excluding hydrogens is 386 g/mol. The van der Waals surface area contributed by atoms with Crippen molar-refractivity contribution in [2.75, 3.05) is 11.6 Å². The molecule has 0 spiro atoms. The topological polar surface area (TPSA) is 95.1 Å². The number of rotatable bonds is 8. The summed E-state index contributed by atoms with van der Waals surface area (Å²) in [6.07, 6.45) is 4.68. The van der Waals surface area contributed by atoms with Gasteiger partial charge in [0.15, 0.2) is 5.82 Å². The van der Waals surface area contributed by atoms with Crippen molar-refractivity contribution in [3.63, 3.8) is 0 Å². The summed E-state index contributed by atoms with van der Waals surface area (Å²) >= 11 is 1.29. The summed E-state index contributed by atoms with van der Waals surface area (Å²) in [5.41, 5.74) is 1.26. The Balaban J connectivity index is 1.48. The second-order valence-corrected chi connectivity index (χ2v) is 8.95. The van der Waals surface area contributed by atoms with Gasteiger partial charge in [-0.05, 0) is 42.4 Å². The maximum Gasteiger partial charge on any atom is 0.230 e. The molecule has 0 unspecified atom stereocenters. The lowest BCUT2D eigenvalue weighted by atomic mass is 9.86. The highest BCUT2D eigenvalue weighted by Crippen LogP contribution is 2.24. The number of carbonyl (C=O) groups excluding carboxylic acids is 1. The van der Waals surface area contributed by atoms with Crippen LogP contribution in [0.25, 0.3) is 0 Å². The van der Waals surface area contributed by atoms with E-state index in [0.29, 0.717) is 22.8 Å². The Morgan fingerprint density at radius 3 is 2.69 bits per heavy atom. The van der Waals surface area contributed by atoms with Crippen LogP contribution < -0.4 is 15.9 Å². The van der Waals surface area contributed by atoms with E-state index in [1.54, 1.807) is 0 Å². The Hall–Kier alpha value is -2.22. The van der Waals surface area contributed by atoms with Crippen LogP contribution in [0.2, 0.25) is 0 Å². The lowest BCUT2D eigenvalue weighted by molar-refractivity contribution is -0.119. The van der Waals surface area contributed by atoms with Gasteiger partial charge >= 0.3 is 0 Å². The Morgan fingerprint density at radius 1 is 1.28 bits per heavy atom. The van der Waals surface area contributed by atoms with Crippen LogP contribution in [-0.2, 0) is 11.4 Å². The number of carbonyl (C=O) groups is 1. The zero-order valence-corrected chi connectivity index (χ0v) is 18.2. The molecule has 0 radical (unpaired) electrons. The average Bonchev–Trinajstić information content (AvgIpc) is 3.06. The van der Waals surface area contributed by atoms with Crippen molar-refractivity contribution in [1.29, 1.82) is 0 Å². The van der Waals surface area contributed by atoms with Crippen molar-refractivity contribution in [1.82, 2.24) is 20.2 Å². The number of nitrogens with zero attached hydrogens (tertiary/aromatic N) is 3. The molecule has 1 aromatic carbocycles. The third-order valence-electron chi connectivity index (χ3n) is 5.44. The van der Waals surface area contributed by atoms with Gasteiger partial charge < -0.3 is 15.9 Å². The number of ether oxygens (including phenoxy) is 1. The third kappa shape index (κ3) is 5.88. The summed E-state index contributed by atoms with van der Waals surface area (Å²) in [6, 6.07) is 8.27. The molecule has 1 fully saturated rings. The molecule has 3 N–H and O–H groups in total. The zero-order chi connectivity index (χ0) is 20.8. The minimum atomic E-state index is 0.0137. The molecule has 2 aromatic rings. The van der Waals surface area contributed by atoms with Crippen LogP contribution in [0.3, 0.4) is 0 Å². The number of thioether (sulfide) groups is 1. The Morgan fingerprint density at radius 2 is 2.00 bits per heavy atom. The molecule has 0 bridgehead atoms. The summed E-state index contributed by atoms with van der Waals surface area (Å²) in [6.45, 7) is 6.73. The molecule has 1 aliphatic carbocycles. The molecular formula is C21H31N5O2S. The van der Waals surface area contributed by atoms with Crippen molar-refractivity contribution in [3.8, 4) is 5.75 Å². The SMILES string of the molecule is CC(C)c1ccc(OCc2nnc(SCC(=O)N[C@@H]3CCCC[C@@H]3C)n2N)cc1. The largest absolute Gasteiger partial charge is 0.486 e. The summed E-state index contributed by atoms with van der Waals surface area (Å²) < 4.78 is 7.16. The van der Waals surface area contributed by atoms with Gasteiger partial charge in [-0.25, -0.2) is 4.68 Å². The van der Waals surface area contributed by atoms with E-state index in [2.05, 4.69) is 48.4 Å². The van der Waals surface area contributed by atoms with E-state index in [0.717, 1.165) is 12.2 Å². The fourth-order valence-electron chi connectivity index (χ4n) is 3.51. The smallest absolute Gasteiger partial charge is 0.230 e. The van der Waals surface area contributed by atoms with Crippen LogP contribution >= 0.6 is 11.8 Å². The molecule has 29 heavy (non-hydrogen) atoms. The van der Waals surface area contributed by atoms with E-state index in [1.165, 1.54) is 41.3 Å². The highest BCUT2D eigenvalue weighted by atomic mass is 32.2. The first-order valence-corrected chi connectivity index (χ1v) is 11.3. The predicted octanol–water partition coefficient (Wildman–Crippen LogP) is 3.48. The molecule has 7 nitrogen and oxygen atoms in total. The van der Waals surface area contributed by atoms with E-state index in [1.807, 2.05) is 12.1 Å². The normalized spacial score (nSPS) is 19.3. The second kappa shape index (κ2) is 10.0. The highest BCUT2D eigenvalue weighted by Gasteiger charge is 2.23. The number of nitrogens with two attached hydrogens (primary N) is 1. The van der Waals surface area contributed by atoms with Gasteiger partial charge in [-0.2, -0.15) is 0 Å². The first kappa shape index (κ1) is 21.5. The van der Waals surface area contributed by atoms with Gasteiger partial charge in [0, 0.05) is 6.04 Å². The minimum Gasteiger partial charge on any atom is -0.486 e. The van der Waals surface area contributed by atoms with Crippen LogP contribution in [0.5, 0.6) is 5.75 Å². The maximum atomic E-state index is 12.3. The second-order valence-electron chi connectivity index (χ2n) is 8.01. The van der Waals surface area contributed by atoms with Gasteiger partial charge in [0.25, 0.3) is 0 Å². The Bertz CT molecular complexity index is 806. The zero-order valence-electron chi connectivity index (χ0n) is 17.4. The van der Waals surface area contributed by atoms with Gasteiger partial charge in [-0.3, -0.25) is 4.79 Å². The number of nitrogens with one attached hydrogen (secondary N) is 1. The number of benzene rings is 1. The van der Waals surface area contributed by atoms with Gasteiger partial charge in [0.2, 0.25) is 11.1 Å². The first-order valence-electron chi connectivity index (χ1n) is 10.3. The summed E-state index contributed by atoms with van der Waals surface area (Å²) in [5, 5.41) is 11.8. The van der Waals surface area contributed by atoms with Crippen molar-refractivity contribution < 1.29 is 9.53 Å². The van der Waals surface area contributed by atoms with E-state index < -0.39 is 0 Å². The molecule has 3 rings (SSSR count). The molecule has 1 saturated carbocycles. The lowest BCUT2D eigenvalue weighted by Crippen LogP contribution is -2.41. The van der Waals surface area contributed by atoms with Crippen molar-refractivity contribution in [3.05, 3.63) is 35.7 Å². The summed E-state index contributed by atoms with van der Waals surface area (Å²) in [4.78, 5) is 12.3. The molecule has 2 atom stereocenters. The van der Waals surface area contributed by atoms with Crippen LogP contribution in [0.15, 0.2) is 29.4 Å². The van der Waals surface area contributed by atoms with Gasteiger partial charge in [0.1, 0.15) is 12.4 Å². The van der Waals surface area contributed by atoms with Crippen LogP contribution in [0.1, 0.15) is 63.8 Å². The number of nitrogen functional groups attached to an aromatic ring is 1. The summed E-state index contributed by atoms with van der Waals surface area (Å²) in [5.74, 6) is 8.66. The maximum absolute atomic E-state index is 12.3. The first-order chi connectivity index (χ1) is 13.9. The van der Waals surface area contributed by atoms with Crippen LogP contribution in [0, 0.1) is 5.92 Å². The quantitative estimate of drug-likeness (QED) is 0.504. The Kier molecular flexibility index (Phi) is 7.41. The molecule has 1 aliphatic rings. The Labute approximate surface area is 176 Å².